The van der Waals surface area contributed by atoms with Crippen molar-refractivity contribution in [3.63, 3.8) is 0 Å². The van der Waals surface area contributed by atoms with Gasteiger partial charge in [0.2, 0.25) is 5.91 Å². The number of hydrogen-bond donors (Lipinski definition) is 1. The first-order chi connectivity index (χ1) is 13.7. The predicted molar refractivity (Wildman–Crippen MR) is 104 cm³/mol. The van der Waals surface area contributed by atoms with Gasteiger partial charge in [-0.15, -0.1) is 5.10 Å². The van der Waals surface area contributed by atoms with Crippen molar-refractivity contribution in [2.24, 2.45) is 0 Å². The zero-order valence-electron chi connectivity index (χ0n) is 15.7. The summed E-state index contributed by atoms with van der Waals surface area (Å²) in [5.74, 6) is 1.41. The standard InChI is InChI=1S/C18H24N6O3S/c25-16(23-9-7-22(8-10-23)15-5-1-2-6-19-15)13-28-18-21-20-17(26)24(18)12-14-4-3-11-27-14/h1-2,5-6,14H,3-4,7-13H2,(H,20,26)/p+1/t14-/m0/s1. The Morgan fingerprint density at radius 3 is 2.89 bits per heavy atom. The number of aromatic nitrogens is 4. The Labute approximate surface area is 167 Å². The molecule has 1 atom stereocenters. The number of piperazine rings is 1. The number of nitrogens with zero attached hydrogens (tertiary/aromatic N) is 4. The van der Waals surface area contributed by atoms with Gasteiger partial charge in [0.25, 0.3) is 5.82 Å². The molecule has 0 spiro atoms. The van der Waals surface area contributed by atoms with Crippen molar-refractivity contribution >= 4 is 23.5 Å². The fourth-order valence-electron chi connectivity index (χ4n) is 3.56. The highest BCUT2D eigenvalue weighted by Crippen LogP contribution is 2.19. The molecule has 0 aromatic carbocycles. The quantitative estimate of drug-likeness (QED) is 0.680. The molecular weight excluding hydrogens is 380 g/mol. The second-order valence-electron chi connectivity index (χ2n) is 6.96. The van der Waals surface area contributed by atoms with Crippen LogP contribution in [0.2, 0.25) is 0 Å². The number of nitrogens with one attached hydrogen (secondary N) is 2. The van der Waals surface area contributed by atoms with E-state index in [0.717, 1.165) is 38.4 Å². The monoisotopic (exact) mass is 405 g/mol. The van der Waals surface area contributed by atoms with E-state index in [2.05, 4.69) is 20.1 Å². The molecule has 9 nitrogen and oxygen atoms in total. The Kier molecular flexibility index (Phi) is 5.96. The molecule has 2 aliphatic heterocycles. The molecule has 10 heteroatoms. The average molecular weight is 406 g/mol. The molecule has 0 aliphatic carbocycles. The van der Waals surface area contributed by atoms with Gasteiger partial charge in [-0.1, -0.05) is 17.8 Å². The number of pyridine rings is 1. The highest BCUT2D eigenvalue weighted by Gasteiger charge is 2.26. The van der Waals surface area contributed by atoms with Crippen LogP contribution >= 0.6 is 11.8 Å². The van der Waals surface area contributed by atoms with Gasteiger partial charge in [-0.3, -0.25) is 14.3 Å². The third-order valence-corrected chi connectivity index (χ3v) is 6.09. The molecule has 0 saturated carbocycles. The number of H-pyrrole nitrogens is 2. The number of thioether (sulfide) groups is 1. The Balaban J connectivity index is 1.29. The second kappa shape index (κ2) is 8.78. The van der Waals surface area contributed by atoms with Crippen LogP contribution in [0.15, 0.2) is 34.3 Å². The van der Waals surface area contributed by atoms with Crippen molar-refractivity contribution < 1.29 is 14.5 Å². The Morgan fingerprint density at radius 2 is 2.18 bits per heavy atom. The molecule has 4 rings (SSSR count). The largest absolute Gasteiger partial charge is 0.376 e. The second-order valence-corrected chi connectivity index (χ2v) is 7.90. The van der Waals surface area contributed by atoms with Gasteiger partial charge >= 0.3 is 5.69 Å². The number of hydrogen-bond acceptors (Lipinski definition) is 6. The van der Waals surface area contributed by atoms with E-state index in [9.17, 15) is 9.59 Å². The highest BCUT2D eigenvalue weighted by molar-refractivity contribution is 7.99. The smallest absolute Gasteiger partial charge is 0.344 e. The topological polar surface area (TPSA) is 97.6 Å². The van der Waals surface area contributed by atoms with Crippen LogP contribution in [-0.2, 0) is 16.1 Å². The fourth-order valence-corrected chi connectivity index (χ4v) is 4.42. The van der Waals surface area contributed by atoms with Gasteiger partial charge in [-0.05, 0) is 18.9 Å². The van der Waals surface area contributed by atoms with Crippen molar-refractivity contribution in [2.75, 3.05) is 43.4 Å². The molecule has 2 aromatic heterocycles. The predicted octanol–water partition coefficient (Wildman–Crippen LogP) is 0.00540. The van der Waals surface area contributed by atoms with Crippen LogP contribution < -0.4 is 15.6 Å². The summed E-state index contributed by atoms with van der Waals surface area (Å²) in [7, 11) is 0. The van der Waals surface area contributed by atoms with Crippen LogP contribution in [-0.4, -0.2) is 70.2 Å². The average Bonchev–Trinajstić information content (AvgIpc) is 3.38. The van der Waals surface area contributed by atoms with Gasteiger partial charge in [-0.2, -0.15) is 0 Å². The molecule has 1 amide bonds. The lowest BCUT2D eigenvalue weighted by molar-refractivity contribution is -0.364. The van der Waals surface area contributed by atoms with Crippen LogP contribution in [0.1, 0.15) is 12.8 Å². The zero-order valence-corrected chi connectivity index (χ0v) is 16.5. The molecule has 0 unspecified atom stereocenters. The maximum Gasteiger partial charge on any atom is 0.344 e. The summed E-state index contributed by atoms with van der Waals surface area (Å²) < 4.78 is 7.19. The molecule has 2 fully saturated rings. The SMILES string of the molecule is O=C(CSc1n[nH]c(=O)n1C[C@@H]1CCCO1)N1CCN(c2cccc[nH+]2)CC1. The molecule has 28 heavy (non-hydrogen) atoms. The lowest BCUT2D eigenvalue weighted by atomic mass is 10.2. The zero-order chi connectivity index (χ0) is 19.3. The van der Waals surface area contributed by atoms with Gasteiger partial charge in [0.15, 0.2) is 5.16 Å². The van der Waals surface area contributed by atoms with Gasteiger partial charge in [0, 0.05) is 12.7 Å². The number of ether oxygens (including phenoxy) is 1. The van der Waals surface area contributed by atoms with Crippen LogP contribution in [0.4, 0.5) is 5.82 Å². The molecule has 150 valence electrons. The molecular formula is C18H25N6O3S+. The van der Waals surface area contributed by atoms with Crippen molar-refractivity contribution in [3.8, 4) is 0 Å². The van der Waals surface area contributed by atoms with E-state index in [-0.39, 0.29) is 23.5 Å². The number of carbonyl (C=O) groups excluding carboxylic acids is 1. The van der Waals surface area contributed by atoms with Crippen LogP contribution in [0, 0.1) is 0 Å². The molecule has 0 radical (unpaired) electrons. The van der Waals surface area contributed by atoms with E-state index in [1.54, 1.807) is 4.57 Å². The van der Waals surface area contributed by atoms with Gasteiger partial charge in [-0.25, -0.2) is 14.9 Å². The Hall–Kier alpha value is -2.33. The summed E-state index contributed by atoms with van der Waals surface area (Å²) in [5, 5.41) is 7.11. The third-order valence-electron chi connectivity index (χ3n) is 5.12. The van der Waals surface area contributed by atoms with Crippen molar-refractivity contribution in [3.05, 3.63) is 34.9 Å². The first-order valence-electron chi connectivity index (χ1n) is 9.60. The number of aromatic amines is 2. The number of carbonyl (C=O) groups is 1. The van der Waals surface area contributed by atoms with E-state index in [1.165, 1.54) is 11.8 Å². The number of amides is 1. The molecule has 4 heterocycles. The Morgan fingerprint density at radius 1 is 1.32 bits per heavy atom. The summed E-state index contributed by atoms with van der Waals surface area (Å²) in [6, 6.07) is 5.99. The molecule has 2 saturated heterocycles. The summed E-state index contributed by atoms with van der Waals surface area (Å²) in [5.41, 5.74) is -0.252. The normalized spacial score (nSPS) is 19.9. The van der Waals surface area contributed by atoms with E-state index in [1.807, 2.05) is 29.3 Å². The summed E-state index contributed by atoms with van der Waals surface area (Å²) in [6.07, 6.45) is 3.92. The third kappa shape index (κ3) is 4.39. The van der Waals surface area contributed by atoms with Crippen LogP contribution in [0.5, 0.6) is 0 Å². The van der Waals surface area contributed by atoms with Crippen LogP contribution in [0.3, 0.4) is 0 Å². The molecule has 2 aliphatic rings. The van der Waals surface area contributed by atoms with Gasteiger partial charge in [0.05, 0.1) is 37.7 Å². The van der Waals surface area contributed by atoms with Gasteiger partial charge in [0.1, 0.15) is 13.1 Å². The molecule has 0 bridgehead atoms. The maximum atomic E-state index is 12.6. The van der Waals surface area contributed by atoms with Crippen molar-refractivity contribution in [1.29, 1.82) is 0 Å². The lowest BCUT2D eigenvalue weighted by Gasteiger charge is -2.30. The van der Waals surface area contributed by atoms with Gasteiger partial charge < -0.3 is 9.64 Å². The highest BCUT2D eigenvalue weighted by atomic mass is 32.2. The first kappa shape index (κ1) is 19.0. The summed E-state index contributed by atoms with van der Waals surface area (Å²) in [4.78, 5) is 32.0. The minimum Gasteiger partial charge on any atom is -0.376 e. The summed E-state index contributed by atoms with van der Waals surface area (Å²) in [6.45, 7) is 4.19. The fraction of sp³-hybridized carbons (Fsp3) is 0.556. The van der Waals surface area contributed by atoms with Crippen molar-refractivity contribution in [2.45, 2.75) is 30.6 Å². The number of rotatable bonds is 6. The molecule has 2 N–H and O–H groups in total. The minimum atomic E-state index is -0.252. The van der Waals surface area contributed by atoms with E-state index in [0.29, 0.717) is 24.8 Å². The maximum absolute atomic E-state index is 12.6. The minimum absolute atomic E-state index is 0.0493. The summed E-state index contributed by atoms with van der Waals surface area (Å²) >= 11 is 1.30. The first-order valence-corrected chi connectivity index (χ1v) is 10.6. The van der Waals surface area contributed by atoms with E-state index < -0.39 is 0 Å². The Bertz CT molecular complexity index is 841. The van der Waals surface area contributed by atoms with Crippen molar-refractivity contribution in [1.82, 2.24) is 19.7 Å². The number of anilines is 1. The van der Waals surface area contributed by atoms with E-state index >= 15 is 0 Å². The molecule has 2 aromatic rings. The van der Waals surface area contributed by atoms with E-state index in [4.69, 9.17) is 4.74 Å². The lowest BCUT2D eigenvalue weighted by Crippen LogP contribution is -2.50. The van der Waals surface area contributed by atoms with Crippen LogP contribution in [0.25, 0.3) is 0 Å².